The number of oxime groups is 1. The Balaban J connectivity index is 1.96. The van der Waals surface area contributed by atoms with Crippen LogP contribution in [0.25, 0.3) is 0 Å². The van der Waals surface area contributed by atoms with Gasteiger partial charge in [-0.2, -0.15) is 13.5 Å². The van der Waals surface area contributed by atoms with Gasteiger partial charge in [-0.05, 0) is 11.6 Å². The zero-order valence-corrected chi connectivity index (χ0v) is 14.8. The average Bonchev–Trinajstić information content (AvgIpc) is 3.04. The summed E-state index contributed by atoms with van der Waals surface area (Å²) in [5, 5.41) is 17.2. The highest BCUT2D eigenvalue weighted by atomic mass is 32.2. The van der Waals surface area contributed by atoms with Gasteiger partial charge in [0.1, 0.15) is 5.71 Å². The Bertz CT molecular complexity index is 1100. The highest BCUT2D eigenvalue weighted by Gasteiger charge is 2.37. The Kier molecular flexibility index (Phi) is 3.77. The van der Waals surface area contributed by atoms with Crippen molar-refractivity contribution >= 4 is 21.4 Å². The van der Waals surface area contributed by atoms with Crippen molar-refractivity contribution in [2.45, 2.75) is 11.6 Å². The van der Waals surface area contributed by atoms with Crippen LogP contribution in [-0.2, 0) is 16.6 Å². The molecule has 2 heterocycles. The number of nitrogens with zero attached hydrogens (tertiary/aromatic N) is 4. The lowest BCUT2D eigenvalue weighted by Gasteiger charge is -2.19. The number of fused-ring (bicyclic) bond motifs is 2. The first-order chi connectivity index (χ1) is 12.5. The first kappa shape index (κ1) is 16.3. The molecule has 1 aromatic heterocycles. The molecular formula is C18H16N4O3S. The van der Waals surface area contributed by atoms with Crippen molar-refractivity contribution in [1.29, 1.82) is 0 Å². The minimum absolute atomic E-state index is 0.00727. The van der Waals surface area contributed by atoms with E-state index < -0.39 is 10.0 Å². The summed E-state index contributed by atoms with van der Waals surface area (Å²) in [6, 6.07) is 16.4. The number of hydrogen-bond acceptors (Lipinski definition) is 5. The molecule has 132 valence electrons. The van der Waals surface area contributed by atoms with Gasteiger partial charge in [0, 0.05) is 12.6 Å². The van der Waals surface area contributed by atoms with Crippen molar-refractivity contribution in [3.63, 3.8) is 0 Å². The molecular weight excluding hydrogens is 352 g/mol. The van der Waals surface area contributed by atoms with Gasteiger partial charge in [-0.3, -0.25) is 4.31 Å². The van der Waals surface area contributed by atoms with Gasteiger partial charge in [0.05, 0.1) is 24.0 Å². The zero-order chi connectivity index (χ0) is 18.3. The van der Waals surface area contributed by atoms with Crippen LogP contribution in [0.15, 0.2) is 71.0 Å². The molecule has 8 heteroatoms. The van der Waals surface area contributed by atoms with E-state index in [9.17, 15) is 13.6 Å². The van der Waals surface area contributed by atoms with Gasteiger partial charge in [-0.15, -0.1) is 0 Å². The summed E-state index contributed by atoms with van der Waals surface area (Å²) in [7, 11) is -2.39. The van der Waals surface area contributed by atoms with Crippen LogP contribution in [-0.4, -0.2) is 36.2 Å². The lowest BCUT2D eigenvalue weighted by Crippen LogP contribution is -2.29. The van der Waals surface area contributed by atoms with Crippen LogP contribution in [0.3, 0.4) is 0 Å². The number of para-hydroxylation sites is 1. The molecule has 0 unspecified atom stereocenters. The zero-order valence-electron chi connectivity index (χ0n) is 13.9. The number of rotatable bonds is 2. The maximum Gasteiger partial charge on any atom is 0.281 e. The van der Waals surface area contributed by atoms with Crippen LogP contribution in [0.5, 0.6) is 0 Å². The fourth-order valence-electron chi connectivity index (χ4n) is 3.14. The van der Waals surface area contributed by atoms with Crippen LogP contribution in [0.1, 0.15) is 16.7 Å². The summed E-state index contributed by atoms with van der Waals surface area (Å²) < 4.78 is 29.1. The van der Waals surface area contributed by atoms with Crippen LogP contribution >= 0.6 is 0 Å². The highest BCUT2D eigenvalue weighted by Crippen LogP contribution is 2.34. The molecule has 0 fully saturated rings. The average molecular weight is 368 g/mol. The predicted octanol–water partition coefficient (Wildman–Crippen LogP) is 2.30. The van der Waals surface area contributed by atoms with E-state index in [-0.39, 0.29) is 22.8 Å². The van der Waals surface area contributed by atoms with Crippen molar-refractivity contribution in [3.8, 4) is 0 Å². The normalized spacial score (nSPS) is 16.8. The smallest absolute Gasteiger partial charge is 0.281 e. The van der Waals surface area contributed by atoms with Crippen LogP contribution in [0.4, 0.5) is 5.69 Å². The summed E-state index contributed by atoms with van der Waals surface area (Å²) in [6.45, 7) is 0.290. The Morgan fingerprint density at radius 2 is 1.73 bits per heavy atom. The summed E-state index contributed by atoms with van der Waals surface area (Å²) in [5.41, 5.74) is 2.35. The molecule has 7 nitrogen and oxygen atoms in total. The van der Waals surface area contributed by atoms with Crippen molar-refractivity contribution in [1.82, 2.24) is 9.78 Å². The second-order valence-corrected chi connectivity index (χ2v) is 7.83. The molecule has 1 N–H and O–H groups in total. The molecule has 0 bridgehead atoms. The van der Waals surface area contributed by atoms with Crippen molar-refractivity contribution in [3.05, 3.63) is 77.5 Å². The summed E-state index contributed by atoms with van der Waals surface area (Å²) in [5.74, 6) is 0. The maximum absolute atomic E-state index is 13.2. The Hall–Kier alpha value is -3.13. The third kappa shape index (κ3) is 2.38. The van der Waals surface area contributed by atoms with E-state index in [1.807, 2.05) is 30.3 Å². The quantitative estimate of drug-likeness (QED) is 0.555. The molecule has 0 spiro atoms. The topological polar surface area (TPSA) is 87.8 Å². The monoisotopic (exact) mass is 368 g/mol. The van der Waals surface area contributed by atoms with Crippen molar-refractivity contribution in [2.75, 3.05) is 11.4 Å². The summed E-state index contributed by atoms with van der Waals surface area (Å²) >= 11 is 0. The standard InChI is InChI=1S/C18H16N4O3S/c1-21-16-10-6-5-9-14(16)17(20-23)15-11-19-22(18(15)26(21,24)25)12-13-7-3-2-4-8-13/h2-11,23H,12H2,1H3/b20-17-. The lowest BCUT2D eigenvalue weighted by atomic mass is 10.0. The Morgan fingerprint density at radius 3 is 2.46 bits per heavy atom. The van der Waals surface area contributed by atoms with E-state index in [0.29, 0.717) is 11.3 Å². The molecule has 3 aromatic rings. The van der Waals surface area contributed by atoms with E-state index >= 15 is 0 Å². The molecule has 2 aromatic carbocycles. The van der Waals surface area contributed by atoms with Crippen LogP contribution in [0, 0.1) is 0 Å². The minimum atomic E-state index is -3.88. The molecule has 4 rings (SSSR count). The van der Waals surface area contributed by atoms with Gasteiger partial charge in [0.15, 0.2) is 5.03 Å². The van der Waals surface area contributed by atoms with E-state index in [4.69, 9.17) is 0 Å². The third-order valence-corrected chi connectivity index (χ3v) is 6.26. The number of hydrogen-bond donors (Lipinski definition) is 1. The van der Waals surface area contributed by atoms with Crippen molar-refractivity contribution < 1.29 is 13.6 Å². The largest absolute Gasteiger partial charge is 0.410 e. The van der Waals surface area contributed by atoms with E-state index in [1.54, 1.807) is 24.3 Å². The SMILES string of the molecule is CN1c2ccccc2/C(=N/O)c2cnn(Cc3ccccc3)c2S1(=O)=O. The Morgan fingerprint density at radius 1 is 1.04 bits per heavy atom. The number of anilines is 1. The molecule has 0 amide bonds. The number of benzene rings is 2. The van der Waals surface area contributed by atoms with Gasteiger partial charge < -0.3 is 5.21 Å². The molecule has 0 aliphatic carbocycles. The van der Waals surface area contributed by atoms with Gasteiger partial charge in [0.25, 0.3) is 10.0 Å². The number of aromatic nitrogens is 2. The van der Waals surface area contributed by atoms with Gasteiger partial charge in [-0.1, -0.05) is 53.7 Å². The molecule has 1 aliphatic heterocycles. The fourth-order valence-corrected chi connectivity index (χ4v) is 4.62. The second-order valence-electron chi connectivity index (χ2n) is 5.94. The molecule has 26 heavy (non-hydrogen) atoms. The molecule has 0 radical (unpaired) electrons. The van der Waals surface area contributed by atoms with Gasteiger partial charge in [0.2, 0.25) is 0 Å². The van der Waals surface area contributed by atoms with Gasteiger partial charge >= 0.3 is 0 Å². The molecule has 0 saturated heterocycles. The summed E-state index contributed by atoms with van der Waals surface area (Å²) in [4.78, 5) is 0. The molecule has 0 saturated carbocycles. The number of sulfonamides is 1. The van der Waals surface area contributed by atoms with Crippen LogP contribution < -0.4 is 4.31 Å². The van der Waals surface area contributed by atoms with E-state index in [2.05, 4.69) is 10.3 Å². The van der Waals surface area contributed by atoms with Gasteiger partial charge in [-0.25, -0.2) is 4.68 Å². The molecule has 0 atom stereocenters. The fraction of sp³-hybridized carbons (Fsp3) is 0.111. The second kappa shape index (κ2) is 5.99. The van der Waals surface area contributed by atoms with Crippen molar-refractivity contribution in [2.24, 2.45) is 5.16 Å². The maximum atomic E-state index is 13.2. The first-order valence-electron chi connectivity index (χ1n) is 7.94. The molecule has 1 aliphatic rings. The Labute approximate surface area is 150 Å². The first-order valence-corrected chi connectivity index (χ1v) is 9.38. The summed E-state index contributed by atoms with van der Waals surface area (Å²) in [6.07, 6.45) is 1.43. The third-order valence-electron chi connectivity index (χ3n) is 4.42. The van der Waals surface area contributed by atoms with E-state index in [1.165, 1.54) is 22.2 Å². The lowest BCUT2D eigenvalue weighted by molar-refractivity contribution is 0.319. The predicted molar refractivity (Wildman–Crippen MR) is 97.2 cm³/mol. The highest BCUT2D eigenvalue weighted by molar-refractivity contribution is 7.92. The minimum Gasteiger partial charge on any atom is -0.410 e. The van der Waals surface area contributed by atoms with Crippen LogP contribution in [0.2, 0.25) is 0 Å². The van der Waals surface area contributed by atoms with E-state index in [0.717, 1.165) is 5.56 Å².